The fourth-order valence-corrected chi connectivity index (χ4v) is 3.24. The van der Waals surface area contributed by atoms with Gasteiger partial charge < -0.3 is 24.6 Å². The first-order valence-corrected chi connectivity index (χ1v) is 8.70. The number of hydrogen-bond donors (Lipinski definition) is 1. The molecule has 136 valence electrons. The Kier molecular flexibility index (Phi) is 5.88. The summed E-state index contributed by atoms with van der Waals surface area (Å²) in [6, 6.07) is 7.32. The lowest BCUT2D eigenvalue weighted by Gasteiger charge is -2.36. The van der Waals surface area contributed by atoms with Crippen LogP contribution in [-0.4, -0.2) is 80.7 Å². The van der Waals surface area contributed by atoms with Crippen molar-refractivity contribution in [3.63, 3.8) is 0 Å². The third-order valence-corrected chi connectivity index (χ3v) is 4.68. The summed E-state index contributed by atoms with van der Waals surface area (Å²) in [5.41, 5.74) is 0.563. The number of carbonyl (C=O) groups excluding carboxylic acids is 2. The second kappa shape index (κ2) is 8.31. The molecule has 7 heteroatoms. The average molecular weight is 347 g/mol. The molecular weight excluding hydrogens is 322 g/mol. The lowest BCUT2D eigenvalue weighted by Crippen LogP contribution is -2.52. The highest BCUT2D eigenvalue weighted by Crippen LogP contribution is 2.20. The molecule has 2 amide bonds. The molecule has 0 saturated carbocycles. The highest BCUT2D eigenvalue weighted by Gasteiger charge is 2.27. The van der Waals surface area contributed by atoms with Crippen molar-refractivity contribution in [3.05, 3.63) is 29.8 Å². The summed E-state index contributed by atoms with van der Waals surface area (Å²) >= 11 is 0. The summed E-state index contributed by atoms with van der Waals surface area (Å²) < 4.78 is 10.7. The van der Waals surface area contributed by atoms with E-state index in [9.17, 15) is 9.59 Å². The van der Waals surface area contributed by atoms with E-state index < -0.39 is 0 Å². The van der Waals surface area contributed by atoms with Gasteiger partial charge in [-0.05, 0) is 12.1 Å². The zero-order valence-corrected chi connectivity index (χ0v) is 14.6. The largest absolute Gasteiger partial charge is 0.496 e. The number of piperazine rings is 1. The van der Waals surface area contributed by atoms with Gasteiger partial charge in [0.1, 0.15) is 5.75 Å². The summed E-state index contributed by atoms with van der Waals surface area (Å²) in [6.45, 7) is 4.28. The monoisotopic (exact) mass is 347 g/mol. The molecule has 1 atom stereocenters. The number of ether oxygens (including phenoxy) is 2. The van der Waals surface area contributed by atoms with Crippen molar-refractivity contribution in [1.82, 2.24) is 15.1 Å². The van der Waals surface area contributed by atoms with Gasteiger partial charge in [-0.2, -0.15) is 0 Å². The minimum absolute atomic E-state index is 0.0492. The van der Waals surface area contributed by atoms with Crippen LogP contribution >= 0.6 is 0 Å². The second-order valence-electron chi connectivity index (χ2n) is 6.30. The standard InChI is InChI=1S/C18H25N3O4/c1-24-16-5-3-2-4-15(16)18(23)21-9-7-20(8-10-21)17(22)12-14-13-25-11-6-19-14/h2-5,14,19H,6-13H2,1H3/t14-/m1/s1. The van der Waals surface area contributed by atoms with Crippen LogP contribution in [0.1, 0.15) is 16.8 Å². The van der Waals surface area contributed by atoms with Crippen molar-refractivity contribution in [3.8, 4) is 5.75 Å². The summed E-state index contributed by atoms with van der Waals surface area (Å²) in [4.78, 5) is 28.7. The Bertz CT molecular complexity index is 608. The maximum absolute atomic E-state index is 12.7. The molecule has 25 heavy (non-hydrogen) atoms. The maximum atomic E-state index is 12.7. The van der Waals surface area contributed by atoms with Crippen molar-refractivity contribution in [1.29, 1.82) is 0 Å². The van der Waals surface area contributed by atoms with Gasteiger partial charge in [0, 0.05) is 45.2 Å². The fourth-order valence-electron chi connectivity index (χ4n) is 3.24. The Labute approximate surface area is 147 Å². The van der Waals surface area contributed by atoms with Crippen LogP contribution in [0.2, 0.25) is 0 Å². The van der Waals surface area contributed by atoms with Gasteiger partial charge >= 0.3 is 0 Å². The minimum Gasteiger partial charge on any atom is -0.496 e. The van der Waals surface area contributed by atoms with Crippen LogP contribution in [0.4, 0.5) is 0 Å². The Morgan fingerprint density at radius 2 is 1.92 bits per heavy atom. The Morgan fingerprint density at radius 1 is 1.20 bits per heavy atom. The van der Waals surface area contributed by atoms with Gasteiger partial charge in [-0.25, -0.2) is 0 Å². The van der Waals surface area contributed by atoms with Gasteiger partial charge in [0.05, 0.1) is 25.9 Å². The predicted octanol–water partition coefficient (Wildman–Crippen LogP) is 0.358. The molecule has 0 bridgehead atoms. The first kappa shape index (κ1) is 17.7. The van der Waals surface area contributed by atoms with Crippen LogP contribution in [0, 0.1) is 0 Å². The van der Waals surface area contributed by atoms with Crippen molar-refractivity contribution in [2.24, 2.45) is 0 Å². The Morgan fingerprint density at radius 3 is 2.60 bits per heavy atom. The molecule has 2 aliphatic heterocycles. The first-order chi connectivity index (χ1) is 12.2. The number of methoxy groups -OCH3 is 1. The van der Waals surface area contributed by atoms with Crippen LogP contribution < -0.4 is 10.1 Å². The third-order valence-electron chi connectivity index (χ3n) is 4.68. The molecule has 1 aromatic rings. The van der Waals surface area contributed by atoms with Crippen molar-refractivity contribution in [2.45, 2.75) is 12.5 Å². The summed E-state index contributed by atoms with van der Waals surface area (Å²) in [5.74, 6) is 0.647. The zero-order valence-electron chi connectivity index (χ0n) is 14.6. The average Bonchev–Trinajstić information content (AvgIpc) is 2.68. The Hall–Kier alpha value is -2.12. The second-order valence-corrected chi connectivity index (χ2v) is 6.30. The SMILES string of the molecule is COc1ccccc1C(=O)N1CCN(C(=O)C[C@@H]2COCCN2)CC1. The molecule has 2 fully saturated rings. The summed E-state index contributed by atoms with van der Waals surface area (Å²) in [5, 5.41) is 3.30. The van der Waals surface area contributed by atoms with Gasteiger partial charge in [-0.1, -0.05) is 12.1 Å². The molecule has 2 saturated heterocycles. The first-order valence-electron chi connectivity index (χ1n) is 8.70. The zero-order chi connectivity index (χ0) is 17.6. The van der Waals surface area contributed by atoms with E-state index in [0.717, 1.165) is 6.54 Å². The van der Waals surface area contributed by atoms with E-state index in [1.165, 1.54) is 0 Å². The number of nitrogens with one attached hydrogen (secondary N) is 1. The van der Waals surface area contributed by atoms with Gasteiger partial charge in [0.2, 0.25) is 5.91 Å². The van der Waals surface area contributed by atoms with Crippen LogP contribution in [0.5, 0.6) is 5.75 Å². The van der Waals surface area contributed by atoms with Crippen LogP contribution in [-0.2, 0) is 9.53 Å². The van der Waals surface area contributed by atoms with Gasteiger partial charge in [0.25, 0.3) is 5.91 Å². The summed E-state index contributed by atoms with van der Waals surface area (Å²) in [6.07, 6.45) is 0.445. The van der Waals surface area contributed by atoms with Gasteiger partial charge in [0.15, 0.2) is 0 Å². The van der Waals surface area contributed by atoms with Crippen molar-refractivity contribution >= 4 is 11.8 Å². The molecule has 7 nitrogen and oxygen atoms in total. The molecule has 0 spiro atoms. The number of amides is 2. The number of para-hydroxylation sites is 1. The van der Waals surface area contributed by atoms with E-state index >= 15 is 0 Å². The molecule has 3 rings (SSSR count). The molecule has 0 aromatic heterocycles. The minimum atomic E-state index is -0.0492. The highest BCUT2D eigenvalue weighted by atomic mass is 16.5. The maximum Gasteiger partial charge on any atom is 0.257 e. The fraction of sp³-hybridized carbons (Fsp3) is 0.556. The quantitative estimate of drug-likeness (QED) is 0.851. The van der Waals surface area contributed by atoms with E-state index in [1.54, 1.807) is 24.1 Å². The predicted molar refractivity (Wildman–Crippen MR) is 92.7 cm³/mol. The lowest BCUT2D eigenvalue weighted by molar-refractivity contribution is -0.133. The molecule has 2 aliphatic rings. The molecule has 0 radical (unpaired) electrons. The number of hydrogen-bond acceptors (Lipinski definition) is 5. The van der Waals surface area contributed by atoms with Gasteiger partial charge in [-0.15, -0.1) is 0 Å². The normalized spacial score (nSPS) is 21.1. The van der Waals surface area contributed by atoms with Gasteiger partial charge in [-0.3, -0.25) is 9.59 Å². The number of rotatable bonds is 4. The topological polar surface area (TPSA) is 71.1 Å². The smallest absolute Gasteiger partial charge is 0.257 e. The molecule has 2 heterocycles. The number of benzene rings is 1. The lowest BCUT2D eigenvalue weighted by atomic mass is 10.1. The number of nitrogens with zero attached hydrogens (tertiary/aromatic N) is 2. The highest BCUT2D eigenvalue weighted by molar-refractivity contribution is 5.97. The van der Waals surface area contributed by atoms with Crippen LogP contribution in [0.3, 0.4) is 0 Å². The number of carbonyl (C=O) groups is 2. The third kappa shape index (κ3) is 4.29. The van der Waals surface area contributed by atoms with E-state index in [2.05, 4.69) is 5.32 Å². The summed E-state index contributed by atoms with van der Waals surface area (Å²) in [7, 11) is 1.56. The van der Waals surface area contributed by atoms with E-state index in [0.29, 0.717) is 57.1 Å². The van der Waals surface area contributed by atoms with E-state index in [-0.39, 0.29) is 17.9 Å². The van der Waals surface area contributed by atoms with Crippen LogP contribution in [0.25, 0.3) is 0 Å². The van der Waals surface area contributed by atoms with Crippen molar-refractivity contribution < 1.29 is 19.1 Å². The molecule has 0 aliphatic carbocycles. The number of morpholine rings is 1. The van der Waals surface area contributed by atoms with E-state index in [1.807, 2.05) is 17.0 Å². The van der Waals surface area contributed by atoms with E-state index in [4.69, 9.17) is 9.47 Å². The van der Waals surface area contributed by atoms with Crippen LogP contribution in [0.15, 0.2) is 24.3 Å². The Balaban J connectivity index is 1.52. The molecule has 0 unspecified atom stereocenters. The molecule has 1 N–H and O–H groups in total. The molecule has 1 aromatic carbocycles. The van der Waals surface area contributed by atoms with Crippen molar-refractivity contribution in [2.75, 3.05) is 53.0 Å². The molecular formula is C18H25N3O4.